The second kappa shape index (κ2) is 4.49. The molecule has 0 radical (unpaired) electrons. The predicted molar refractivity (Wildman–Crippen MR) is 88.4 cm³/mol. The summed E-state index contributed by atoms with van der Waals surface area (Å²) in [7, 11) is 0. The lowest BCUT2D eigenvalue weighted by atomic mass is 10.3. The maximum absolute atomic E-state index is 6.13. The number of aromatic nitrogens is 4. The van der Waals surface area contributed by atoms with Gasteiger partial charge in [-0.05, 0) is 31.2 Å². The highest BCUT2D eigenvalue weighted by molar-refractivity contribution is 5.80. The zero-order valence-electron chi connectivity index (χ0n) is 12.1. The molecule has 2 aromatic heterocycles. The molecule has 4 aromatic rings. The average molecular weight is 292 g/mol. The van der Waals surface area contributed by atoms with Crippen LogP contribution in [-0.4, -0.2) is 19.1 Å². The van der Waals surface area contributed by atoms with Crippen LogP contribution in [0, 0.1) is 0 Å². The lowest BCUT2D eigenvalue weighted by molar-refractivity contribution is 0.505. The summed E-state index contributed by atoms with van der Waals surface area (Å²) in [6, 6.07) is 15.8. The van der Waals surface area contributed by atoms with Gasteiger partial charge < -0.3 is 11.5 Å². The number of anilines is 2. The lowest BCUT2D eigenvalue weighted by Gasteiger charge is -2.19. The third-order valence-electron chi connectivity index (χ3n) is 3.99. The van der Waals surface area contributed by atoms with Crippen LogP contribution in [0.3, 0.4) is 0 Å². The fourth-order valence-electron chi connectivity index (χ4n) is 3.03. The maximum Gasteiger partial charge on any atom is 0.202 e. The van der Waals surface area contributed by atoms with Gasteiger partial charge in [0.25, 0.3) is 0 Å². The molecule has 110 valence electrons. The van der Waals surface area contributed by atoms with E-state index in [-0.39, 0.29) is 6.17 Å². The van der Waals surface area contributed by atoms with Crippen molar-refractivity contribution in [3.63, 3.8) is 0 Å². The molecule has 4 N–H and O–H groups in total. The van der Waals surface area contributed by atoms with Gasteiger partial charge >= 0.3 is 0 Å². The molecular formula is C16H16N6. The molecule has 0 bridgehead atoms. The van der Waals surface area contributed by atoms with Gasteiger partial charge in [-0.25, -0.2) is 9.97 Å². The van der Waals surface area contributed by atoms with Crippen molar-refractivity contribution in [2.75, 3.05) is 11.5 Å². The topological polar surface area (TPSA) is 87.7 Å². The Morgan fingerprint density at radius 1 is 0.773 bits per heavy atom. The molecular weight excluding hydrogens is 276 g/mol. The second-order valence-electron chi connectivity index (χ2n) is 5.29. The van der Waals surface area contributed by atoms with E-state index in [2.05, 4.69) is 9.97 Å². The Hall–Kier alpha value is -3.02. The maximum atomic E-state index is 6.13. The third-order valence-corrected chi connectivity index (χ3v) is 3.99. The van der Waals surface area contributed by atoms with E-state index in [1.54, 1.807) is 0 Å². The summed E-state index contributed by atoms with van der Waals surface area (Å²) in [5.74, 6) is 0.928. The van der Waals surface area contributed by atoms with Gasteiger partial charge in [0.05, 0.1) is 22.1 Å². The minimum Gasteiger partial charge on any atom is -0.369 e. The van der Waals surface area contributed by atoms with Gasteiger partial charge in [0.2, 0.25) is 11.9 Å². The van der Waals surface area contributed by atoms with Crippen LogP contribution in [0.15, 0.2) is 48.5 Å². The lowest BCUT2D eigenvalue weighted by Crippen LogP contribution is -2.18. The molecule has 0 fully saturated rings. The van der Waals surface area contributed by atoms with Crippen molar-refractivity contribution >= 4 is 34.0 Å². The largest absolute Gasteiger partial charge is 0.369 e. The number of nitrogen functional groups attached to an aromatic ring is 2. The Labute approximate surface area is 127 Å². The quantitative estimate of drug-likeness (QED) is 0.594. The van der Waals surface area contributed by atoms with E-state index >= 15 is 0 Å². The molecule has 0 atom stereocenters. The van der Waals surface area contributed by atoms with Gasteiger partial charge in [-0.15, -0.1) is 0 Å². The molecule has 2 aromatic carbocycles. The van der Waals surface area contributed by atoms with E-state index < -0.39 is 0 Å². The highest BCUT2D eigenvalue weighted by atomic mass is 15.3. The molecule has 2 heterocycles. The number of para-hydroxylation sites is 4. The highest BCUT2D eigenvalue weighted by Crippen LogP contribution is 2.28. The number of hydrogen-bond acceptors (Lipinski definition) is 4. The standard InChI is InChI=1S/C16H16N6/c1-10(21-13-8-4-2-6-11(13)19-15(21)17)22-14-9-5-3-7-12(14)20-16(22)18/h2-10H,1H3,(H2,17,19)(H2,18,20). The minimum atomic E-state index is -0.125. The van der Waals surface area contributed by atoms with E-state index in [0.29, 0.717) is 11.9 Å². The molecule has 0 aliphatic carbocycles. The summed E-state index contributed by atoms with van der Waals surface area (Å²) < 4.78 is 3.94. The summed E-state index contributed by atoms with van der Waals surface area (Å²) in [6.45, 7) is 2.04. The van der Waals surface area contributed by atoms with Crippen molar-refractivity contribution in [2.24, 2.45) is 0 Å². The molecule has 4 rings (SSSR count). The molecule has 22 heavy (non-hydrogen) atoms. The smallest absolute Gasteiger partial charge is 0.202 e. The van der Waals surface area contributed by atoms with E-state index in [4.69, 9.17) is 11.5 Å². The summed E-state index contributed by atoms with van der Waals surface area (Å²) in [5.41, 5.74) is 16.0. The molecule has 0 aliphatic heterocycles. The average Bonchev–Trinajstić information content (AvgIpc) is 3.01. The first-order valence-corrected chi connectivity index (χ1v) is 7.11. The number of nitrogens with zero attached hydrogens (tertiary/aromatic N) is 4. The number of hydrogen-bond donors (Lipinski definition) is 2. The van der Waals surface area contributed by atoms with E-state index in [1.165, 1.54) is 0 Å². The van der Waals surface area contributed by atoms with Crippen molar-refractivity contribution in [2.45, 2.75) is 13.1 Å². The Kier molecular flexibility index (Phi) is 2.59. The van der Waals surface area contributed by atoms with Crippen LogP contribution in [0.5, 0.6) is 0 Å². The van der Waals surface area contributed by atoms with Crippen LogP contribution in [-0.2, 0) is 0 Å². The third kappa shape index (κ3) is 1.67. The summed E-state index contributed by atoms with van der Waals surface area (Å²) in [4.78, 5) is 8.84. The fraction of sp³-hybridized carbons (Fsp3) is 0.125. The predicted octanol–water partition coefficient (Wildman–Crippen LogP) is 2.62. The molecule has 0 amide bonds. The van der Waals surface area contributed by atoms with Crippen LogP contribution < -0.4 is 11.5 Å². The van der Waals surface area contributed by atoms with Gasteiger partial charge in [-0.1, -0.05) is 24.3 Å². The molecule has 6 nitrogen and oxygen atoms in total. The molecule has 0 spiro atoms. The van der Waals surface area contributed by atoms with Gasteiger partial charge in [-0.2, -0.15) is 0 Å². The van der Waals surface area contributed by atoms with Gasteiger partial charge in [0, 0.05) is 0 Å². The second-order valence-corrected chi connectivity index (χ2v) is 5.29. The van der Waals surface area contributed by atoms with Crippen LogP contribution >= 0.6 is 0 Å². The molecule has 0 unspecified atom stereocenters. The van der Waals surface area contributed by atoms with Crippen molar-refractivity contribution in [3.05, 3.63) is 48.5 Å². The molecule has 0 saturated carbocycles. The van der Waals surface area contributed by atoms with Crippen LogP contribution in [0.25, 0.3) is 22.1 Å². The zero-order valence-corrected chi connectivity index (χ0v) is 12.1. The zero-order chi connectivity index (χ0) is 15.3. The van der Waals surface area contributed by atoms with Crippen LogP contribution in [0.4, 0.5) is 11.9 Å². The number of rotatable bonds is 2. The van der Waals surface area contributed by atoms with Gasteiger partial charge in [-0.3, -0.25) is 9.13 Å². The number of benzene rings is 2. The number of nitrogens with two attached hydrogens (primary N) is 2. The van der Waals surface area contributed by atoms with Crippen molar-refractivity contribution in [1.82, 2.24) is 19.1 Å². The Balaban J connectivity index is 1.98. The number of fused-ring (bicyclic) bond motifs is 2. The van der Waals surface area contributed by atoms with E-state index in [0.717, 1.165) is 22.1 Å². The van der Waals surface area contributed by atoms with Crippen molar-refractivity contribution in [1.29, 1.82) is 0 Å². The highest BCUT2D eigenvalue weighted by Gasteiger charge is 2.19. The Morgan fingerprint density at radius 2 is 1.18 bits per heavy atom. The Morgan fingerprint density at radius 3 is 1.64 bits per heavy atom. The fourth-order valence-corrected chi connectivity index (χ4v) is 3.03. The van der Waals surface area contributed by atoms with E-state index in [1.807, 2.05) is 64.6 Å². The summed E-state index contributed by atoms with van der Waals surface area (Å²) >= 11 is 0. The summed E-state index contributed by atoms with van der Waals surface area (Å²) in [6.07, 6.45) is -0.125. The van der Waals surface area contributed by atoms with Crippen LogP contribution in [0.1, 0.15) is 13.1 Å². The molecule has 6 heteroatoms. The van der Waals surface area contributed by atoms with Crippen molar-refractivity contribution in [3.8, 4) is 0 Å². The van der Waals surface area contributed by atoms with Crippen molar-refractivity contribution < 1.29 is 0 Å². The SMILES string of the molecule is CC(n1c(N)nc2ccccc21)n1c(N)nc2ccccc21. The summed E-state index contributed by atoms with van der Waals surface area (Å²) in [5, 5.41) is 0. The first kappa shape index (κ1) is 12.7. The first-order chi connectivity index (χ1) is 10.7. The van der Waals surface area contributed by atoms with Crippen LogP contribution in [0.2, 0.25) is 0 Å². The minimum absolute atomic E-state index is 0.125. The number of imidazole rings is 2. The van der Waals surface area contributed by atoms with E-state index in [9.17, 15) is 0 Å². The van der Waals surface area contributed by atoms with Gasteiger partial charge in [0.15, 0.2) is 0 Å². The Bertz CT molecular complexity index is 901. The molecule has 0 aliphatic rings. The van der Waals surface area contributed by atoms with Gasteiger partial charge in [0.1, 0.15) is 6.17 Å². The molecule has 0 saturated heterocycles. The first-order valence-electron chi connectivity index (χ1n) is 7.11. The monoisotopic (exact) mass is 292 g/mol. The normalized spacial score (nSPS) is 11.7.